The Morgan fingerprint density at radius 3 is 2.60 bits per heavy atom. The maximum Gasteiger partial charge on any atom is 0.136 e. The fourth-order valence-electron chi connectivity index (χ4n) is 2.71. The maximum atomic E-state index is 4.62. The normalized spacial score (nSPS) is 16.8. The first-order valence-electron chi connectivity index (χ1n) is 6.86. The van der Waals surface area contributed by atoms with E-state index in [2.05, 4.69) is 70.9 Å². The lowest BCUT2D eigenvalue weighted by molar-refractivity contribution is 0.273. The molecule has 0 amide bonds. The third-order valence-electron chi connectivity index (χ3n) is 3.80. The van der Waals surface area contributed by atoms with Gasteiger partial charge in [0.15, 0.2) is 0 Å². The van der Waals surface area contributed by atoms with Crippen molar-refractivity contribution >= 4 is 48.5 Å². The third-order valence-corrected chi connectivity index (χ3v) is 4.85. The van der Waals surface area contributed by atoms with Crippen LogP contribution in [0.15, 0.2) is 34.9 Å². The van der Waals surface area contributed by atoms with Gasteiger partial charge >= 0.3 is 0 Å². The molecule has 0 spiro atoms. The predicted octanol–water partition coefficient (Wildman–Crippen LogP) is 3.51. The highest BCUT2D eigenvalue weighted by Gasteiger charge is 2.19. The average molecular weight is 399 g/mol. The molecule has 20 heavy (non-hydrogen) atoms. The average Bonchev–Trinajstić information content (AvgIpc) is 2.48. The molecule has 5 heteroatoms. The van der Waals surface area contributed by atoms with Crippen molar-refractivity contribution in [1.29, 1.82) is 0 Å². The molecule has 2 aromatic rings. The third kappa shape index (κ3) is 2.85. The molecule has 1 fully saturated rings. The second-order valence-corrected chi connectivity index (χ2v) is 6.63. The monoisotopic (exact) mass is 397 g/mol. The van der Waals surface area contributed by atoms with Crippen LogP contribution in [0.25, 0.3) is 10.8 Å². The summed E-state index contributed by atoms with van der Waals surface area (Å²) in [6.45, 7) is 5.44. The summed E-state index contributed by atoms with van der Waals surface area (Å²) in [6, 6.07) is 8.40. The van der Waals surface area contributed by atoms with Crippen molar-refractivity contribution in [3.8, 4) is 0 Å². The zero-order chi connectivity index (χ0) is 13.9. The van der Waals surface area contributed by atoms with Crippen molar-refractivity contribution in [2.75, 3.05) is 43.0 Å². The second kappa shape index (κ2) is 6.41. The van der Waals surface area contributed by atoms with Crippen LogP contribution in [-0.2, 0) is 0 Å². The van der Waals surface area contributed by atoms with E-state index in [9.17, 15) is 0 Å². The molecule has 106 valence electrons. The Hall–Kier alpha value is -0.650. The zero-order valence-corrected chi connectivity index (χ0v) is 14.4. The van der Waals surface area contributed by atoms with E-state index < -0.39 is 0 Å². The van der Waals surface area contributed by atoms with Gasteiger partial charge in [0.25, 0.3) is 0 Å². The largest absolute Gasteiger partial charge is 0.354 e. The van der Waals surface area contributed by atoms with E-state index in [0.717, 1.165) is 48.3 Å². The smallest absolute Gasteiger partial charge is 0.136 e. The van der Waals surface area contributed by atoms with Crippen molar-refractivity contribution in [2.24, 2.45) is 0 Å². The Kier molecular flexibility index (Phi) is 4.58. The summed E-state index contributed by atoms with van der Waals surface area (Å²) in [5.74, 6) is 1.11. The van der Waals surface area contributed by atoms with Crippen LogP contribution in [0.4, 0.5) is 5.82 Å². The number of rotatable bonds is 3. The molecule has 0 radical (unpaired) electrons. The minimum absolute atomic E-state index is 1.05. The summed E-state index contributed by atoms with van der Waals surface area (Å²) < 4.78 is 1.14. The zero-order valence-electron chi connectivity index (χ0n) is 11.2. The Bertz CT molecular complexity index is 595. The van der Waals surface area contributed by atoms with Gasteiger partial charge in [-0.2, -0.15) is 0 Å². The molecule has 1 aliphatic heterocycles. The first-order valence-corrected chi connectivity index (χ1v) is 8.77. The number of halogens is 2. The predicted molar refractivity (Wildman–Crippen MR) is 91.9 cm³/mol. The number of pyridine rings is 1. The standard InChI is InChI=1S/C15H17Br2N3/c16-5-7-19-8-10-20(11-9-19)15-13-2-1-3-14(17)12(13)4-6-18-15/h1-4,6H,5,7-11H2. The molecule has 0 aliphatic carbocycles. The van der Waals surface area contributed by atoms with Crippen molar-refractivity contribution in [2.45, 2.75) is 0 Å². The fraction of sp³-hybridized carbons (Fsp3) is 0.400. The topological polar surface area (TPSA) is 19.4 Å². The number of hydrogen-bond acceptors (Lipinski definition) is 3. The van der Waals surface area contributed by atoms with Gasteiger partial charge in [-0.15, -0.1) is 0 Å². The molecule has 1 aliphatic rings. The van der Waals surface area contributed by atoms with Gasteiger partial charge in [0.05, 0.1) is 0 Å². The summed E-state index contributed by atoms with van der Waals surface area (Å²) in [4.78, 5) is 9.51. The van der Waals surface area contributed by atoms with Crippen LogP contribution in [0.1, 0.15) is 0 Å². The van der Waals surface area contributed by atoms with E-state index in [1.54, 1.807) is 0 Å². The lowest BCUT2D eigenvalue weighted by atomic mass is 10.1. The van der Waals surface area contributed by atoms with Crippen molar-refractivity contribution in [1.82, 2.24) is 9.88 Å². The maximum absolute atomic E-state index is 4.62. The van der Waals surface area contributed by atoms with E-state index >= 15 is 0 Å². The second-order valence-electron chi connectivity index (χ2n) is 4.99. The van der Waals surface area contributed by atoms with Gasteiger partial charge in [0.1, 0.15) is 5.82 Å². The van der Waals surface area contributed by atoms with Crippen molar-refractivity contribution < 1.29 is 0 Å². The van der Waals surface area contributed by atoms with E-state index in [1.165, 1.54) is 10.8 Å². The molecule has 0 unspecified atom stereocenters. The molecular formula is C15H17Br2N3. The minimum atomic E-state index is 1.05. The lowest BCUT2D eigenvalue weighted by Gasteiger charge is -2.35. The highest BCUT2D eigenvalue weighted by molar-refractivity contribution is 9.10. The van der Waals surface area contributed by atoms with Gasteiger partial charge in [0.2, 0.25) is 0 Å². The highest BCUT2D eigenvalue weighted by Crippen LogP contribution is 2.30. The van der Waals surface area contributed by atoms with Gasteiger partial charge < -0.3 is 4.90 Å². The number of alkyl halides is 1. The summed E-state index contributed by atoms with van der Waals surface area (Å²) in [5, 5.41) is 3.52. The Morgan fingerprint density at radius 1 is 1.05 bits per heavy atom. The number of anilines is 1. The van der Waals surface area contributed by atoms with Crippen LogP contribution in [0, 0.1) is 0 Å². The summed E-state index contributed by atoms with van der Waals surface area (Å²) in [6.07, 6.45) is 1.91. The molecule has 0 atom stereocenters. The molecule has 1 saturated heterocycles. The van der Waals surface area contributed by atoms with Gasteiger partial charge in [-0.25, -0.2) is 4.98 Å². The fourth-order valence-corrected chi connectivity index (χ4v) is 3.71. The first-order chi connectivity index (χ1) is 9.79. The highest BCUT2D eigenvalue weighted by atomic mass is 79.9. The number of aromatic nitrogens is 1. The number of nitrogens with zero attached hydrogens (tertiary/aromatic N) is 3. The van der Waals surface area contributed by atoms with E-state index in [4.69, 9.17) is 0 Å². The van der Waals surface area contributed by atoms with Crippen LogP contribution in [0.5, 0.6) is 0 Å². The first kappa shape index (κ1) is 14.3. The summed E-state index contributed by atoms with van der Waals surface area (Å²) in [7, 11) is 0. The van der Waals surface area contributed by atoms with Crippen LogP contribution in [-0.4, -0.2) is 47.9 Å². The molecule has 0 saturated carbocycles. The van der Waals surface area contributed by atoms with E-state index in [0.29, 0.717) is 0 Å². The molecule has 1 aromatic carbocycles. The number of hydrogen-bond donors (Lipinski definition) is 0. The molecule has 3 rings (SSSR count). The quantitative estimate of drug-likeness (QED) is 0.737. The van der Waals surface area contributed by atoms with Gasteiger partial charge in [0, 0.05) is 59.5 Å². The molecule has 2 heterocycles. The molecular weight excluding hydrogens is 382 g/mol. The minimum Gasteiger partial charge on any atom is -0.354 e. The lowest BCUT2D eigenvalue weighted by Crippen LogP contribution is -2.47. The Morgan fingerprint density at radius 2 is 1.85 bits per heavy atom. The number of fused-ring (bicyclic) bond motifs is 1. The molecule has 3 nitrogen and oxygen atoms in total. The summed E-state index contributed by atoms with van der Waals surface area (Å²) in [5.41, 5.74) is 0. The van der Waals surface area contributed by atoms with Gasteiger partial charge in [-0.3, -0.25) is 4.90 Å². The van der Waals surface area contributed by atoms with Gasteiger partial charge in [-0.1, -0.05) is 44.0 Å². The number of benzene rings is 1. The van der Waals surface area contributed by atoms with Crippen LogP contribution in [0.3, 0.4) is 0 Å². The summed E-state index contributed by atoms with van der Waals surface area (Å²) >= 11 is 7.14. The SMILES string of the molecule is BrCCN1CCN(c2nccc3c(Br)cccc23)CC1. The van der Waals surface area contributed by atoms with Crippen molar-refractivity contribution in [3.05, 3.63) is 34.9 Å². The number of piperazine rings is 1. The van der Waals surface area contributed by atoms with E-state index in [1.807, 2.05) is 6.20 Å². The Balaban J connectivity index is 1.86. The van der Waals surface area contributed by atoms with Crippen LogP contribution < -0.4 is 4.90 Å². The van der Waals surface area contributed by atoms with Gasteiger partial charge in [-0.05, 0) is 12.1 Å². The molecule has 0 N–H and O–H groups in total. The van der Waals surface area contributed by atoms with Crippen molar-refractivity contribution in [3.63, 3.8) is 0 Å². The molecule has 0 bridgehead atoms. The van der Waals surface area contributed by atoms with Crippen LogP contribution in [0.2, 0.25) is 0 Å². The van der Waals surface area contributed by atoms with Crippen LogP contribution >= 0.6 is 31.9 Å². The van der Waals surface area contributed by atoms with E-state index in [-0.39, 0.29) is 0 Å². The molecule has 1 aromatic heterocycles. The Labute approximate surface area is 136 Å².